The Kier molecular flexibility index (Phi) is 34.4. The Morgan fingerprint density at radius 2 is 1.31 bits per heavy atom. The number of fused-ring (bicyclic) bond motifs is 2. The summed E-state index contributed by atoms with van der Waals surface area (Å²) in [5, 5.41) is 122. The monoisotopic (exact) mass is 1340 g/mol. The number of rotatable bonds is 17. The molecule has 3 fully saturated rings. The second kappa shape index (κ2) is 40.9. The SMILES string of the molecule is CNc1ccc(C(=O)CC(O)CCC(C)C2OC(=O)CC(O)CC(=O)CC(O)CC(O)CC(O)CC(O)CC3(O)CC(O)C(C(=O)NCCN(C)C)C(CC(O[C@@H]4O[C@H](C)[C@@H](O)[C@H](NC(=O)CN5CCN(C)CC5)[C@@H]4O)/C=C/C=C/C=C/C=C/C=C/C=C/C=C/C2C)O3)cc1. The number of hydrogen-bond acceptors (Lipinski definition) is 23. The van der Waals surface area contributed by atoms with Crippen molar-refractivity contribution in [3.8, 4) is 0 Å². The lowest BCUT2D eigenvalue weighted by atomic mass is 9.82. The lowest BCUT2D eigenvalue weighted by Gasteiger charge is -2.46. The molecule has 0 radical (unpaired) electrons. The molecular weight excluding hydrogens is 1230 g/mol. The first-order valence-corrected chi connectivity index (χ1v) is 33.3. The van der Waals surface area contributed by atoms with E-state index < -0.39 is 178 Å². The molecule has 1 aromatic rings. The van der Waals surface area contributed by atoms with Gasteiger partial charge in [0.15, 0.2) is 17.9 Å². The lowest BCUT2D eigenvalue weighted by molar-refractivity contribution is -0.307. The molecule has 0 saturated carbocycles. The molecule has 2 bridgehead atoms. The number of cyclic esters (lactones) is 1. The van der Waals surface area contributed by atoms with Crippen LogP contribution >= 0.6 is 0 Å². The van der Waals surface area contributed by atoms with E-state index in [0.717, 1.165) is 18.8 Å². The fourth-order valence-corrected chi connectivity index (χ4v) is 12.2. The van der Waals surface area contributed by atoms with Crippen LogP contribution in [-0.4, -0.2) is 267 Å². The van der Waals surface area contributed by atoms with Crippen LogP contribution in [0.15, 0.2) is 109 Å². The number of ketones is 2. The van der Waals surface area contributed by atoms with Crippen LogP contribution in [0.1, 0.15) is 108 Å². The summed E-state index contributed by atoms with van der Waals surface area (Å²) in [7, 11) is 7.39. The summed E-state index contributed by atoms with van der Waals surface area (Å²) in [6, 6.07) is 5.69. The van der Waals surface area contributed by atoms with Crippen molar-refractivity contribution >= 4 is 35.0 Å². The van der Waals surface area contributed by atoms with Crippen LogP contribution < -0.4 is 16.0 Å². The van der Waals surface area contributed by atoms with Crippen LogP contribution in [0.4, 0.5) is 5.69 Å². The molecule has 3 saturated heterocycles. The predicted octanol–water partition coefficient (Wildman–Crippen LogP) is 1.74. The average Bonchev–Trinajstić information content (AvgIpc) is 0.810. The van der Waals surface area contributed by atoms with Crippen molar-refractivity contribution in [3.05, 3.63) is 115 Å². The van der Waals surface area contributed by atoms with Gasteiger partial charge in [0.2, 0.25) is 11.8 Å². The van der Waals surface area contributed by atoms with Gasteiger partial charge in [-0.15, -0.1) is 0 Å². The number of nitrogens with one attached hydrogen (secondary N) is 3. The molecule has 19 atom stereocenters. The van der Waals surface area contributed by atoms with Crippen molar-refractivity contribution in [2.75, 3.05) is 79.3 Å². The van der Waals surface area contributed by atoms with Gasteiger partial charge in [-0.2, -0.15) is 0 Å². The van der Waals surface area contributed by atoms with E-state index in [4.69, 9.17) is 18.9 Å². The van der Waals surface area contributed by atoms with Crippen molar-refractivity contribution in [1.29, 1.82) is 0 Å². The molecule has 0 aromatic heterocycles. The number of amides is 2. The Morgan fingerprint density at radius 3 is 1.92 bits per heavy atom. The minimum Gasteiger partial charge on any atom is -0.461 e. The van der Waals surface area contributed by atoms with E-state index in [1.165, 1.54) is 0 Å². The smallest absolute Gasteiger partial charge is 0.308 e. The van der Waals surface area contributed by atoms with E-state index >= 15 is 0 Å². The van der Waals surface area contributed by atoms with Gasteiger partial charge < -0.3 is 95.8 Å². The van der Waals surface area contributed by atoms with Crippen molar-refractivity contribution in [3.63, 3.8) is 0 Å². The molecule has 95 heavy (non-hydrogen) atoms. The summed E-state index contributed by atoms with van der Waals surface area (Å²) in [5.41, 5.74) is 1.30. The predicted molar refractivity (Wildman–Crippen MR) is 357 cm³/mol. The van der Waals surface area contributed by atoms with Crippen LogP contribution in [0.2, 0.25) is 0 Å². The largest absolute Gasteiger partial charge is 0.461 e. The quantitative estimate of drug-likeness (QED) is 0.0780. The van der Waals surface area contributed by atoms with Crippen LogP contribution in [-0.2, 0) is 38.1 Å². The van der Waals surface area contributed by atoms with Gasteiger partial charge in [-0.3, -0.25) is 28.9 Å². The van der Waals surface area contributed by atoms with Gasteiger partial charge in [0.1, 0.15) is 24.1 Å². The number of piperazine rings is 1. The zero-order chi connectivity index (χ0) is 69.8. The van der Waals surface area contributed by atoms with E-state index in [-0.39, 0.29) is 50.0 Å². The van der Waals surface area contributed by atoms with Gasteiger partial charge in [-0.25, -0.2) is 0 Å². The normalized spacial score (nSPS) is 35.3. The summed E-state index contributed by atoms with van der Waals surface area (Å²) < 4.78 is 24.8. The summed E-state index contributed by atoms with van der Waals surface area (Å²) >= 11 is 0. The van der Waals surface area contributed by atoms with Crippen molar-refractivity contribution < 1.29 is 94.0 Å². The molecule has 25 nitrogen and oxygen atoms in total. The fraction of sp³-hybridized carbons (Fsp3) is 0.643. The summed E-state index contributed by atoms with van der Waals surface area (Å²) in [4.78, 5) is 73.0. The molecule has 4 aliphatic heterocycles. The van der Waals surface area contributed by atoms with Crippen LogP contribution in [0.5, 0.6) is 0 Å². The number of hydrogen-bond donors (Lipinski definition) is 13. The van der Waals surface area contributed by atoms with Gasteiger partial charge in [-0.1, -0.05) is 98.9 Å². The molecule has 1 aromatic carbocycles. The first-order valence-electron chi connectivity index (χ1n) is 33.3. The highest BCUT2D eigenvalue weighted by molar-refractivity contribution is 5.96. The number of aliphatic hydroxyl groups is 10. The molecule has 13 N–H and O–H groups in total. The zero-order valence-corrected chi connectivity index (χ0v) is 56.2. The number of ether oxygens (including phenoxy) is 4. The Balaban J connectivity index is 1.39. The molecule has 4 heterocycles. The van der Waals surface area contributed by atoms with Crippen molar-refractivity contribution in [2.24, 2.45) is 17.8 Å². The Bertz CT molecular complexity index is 2740. The van der Waals surface area contributed by atoms with Gasteiger partial charge in [-0.05, 0) is 90.4 Å². The van der Waals surface area contributed by atoms with Crippen molar-refractivity contribution in [2.45, 2.75) is 195 Å². The first kappa shape index (κ1) is 80.0. The molecule has 532 valence electrons. The Morgan fingerprint density at radius 1 is 0.726 bits per heavy atom. The lowest BCUT2D eigenvalue weighted by Crippen LogP contribution is -2.65. The minimum absolute atomic E-state index is 0.0259. The van der Waals surface area contributed by atoms with E-state index in [0.29, 0.717) is 31.6 Å². The molecule has 4 aliphatic rings. The maximum atomic E-state index is 14.1. The number of esters is 1. The molecule has 0 spiro atoms. The summed E-state index contributed by atoms with van der Waals surface area (Å²) in [6.07, 6.45) is 2.29. The standard InChI is InChI=1S/C70H108N6O19/c1-45-20-18-16-14-12-10-8-9-11-13-15-17-19-21-57(93-69-66(89)64(65(88)47(3)92-69)73-61(86)44-76-32-30-75(7)31-33-76)41-60-63(68(90)72-28-29-74(5)6)59(85)43-70(91,95-60)42-56(83)38-54(81)36-52(79)34-51(78)35-53(80)37-55(82)40-62(87)94-67(45)46(2)22-27-50(77)39-58(84)48-23-25-49(71-4)26-24-48/h8-21,23-26,45-47,50-52,54-57,59-60,63-67,69,71,77-79,81-83,85,88-89,91H,22,27-44H2,1-7H3,(H,72,90)(H,73,86)/b9-8+,12-10+,13-11+,16-14+,17-15+,20-18+,21-19+/t45?,46?,47-,50?,51?,52?,54?,55?,56?,57?,59?,60?,63?,64+,65-,66+,67?,69+,70?/m1/s1. The van der Waals surface area contributed by atoms with E-state index in [1.54, 1.807) is 117 Å². The van der Waals surface area contributed by atoms with Gasteiger partial charge in [0.05, 0.1) is 86.0 Å². The van der Waals surface area contributed by atoms with E-state index in [1.807, 2.05) is 50.9 Å². The molecule has 0 aliphatic carbocycles. The van der Waals surface area contributed by atoms with Gasteiger partial charge >= 0.3 is 5.97 Å². The molecule has 14 unspecified atom stereocenters. The summed E-state index contributed by atoms with van der Waals surface area (Å²) in [5.74, 6) is -7.04. The molecule has 25 heteroatoms. The fourth-order valence-electron chi connectivity index (χ4n) is 12.2. The van der Waals surface area contributed by atoms with Crippen LogP contribution in [0.25, 0.3) is 0 Å². The van der Waals surface area contributed by atoms with Crippen LogP contribution in [0.3, 0.4) is 0 Å². The highest BCUT2D eigenvalue weighted by Gasteiger charge is 2.51. The number of likely N-dealkylation sites (N-methyl/N-ethyl adjacent to an activating group) is 2. The highest BCUT2D eigenvalue weighted by atomic mass is 16.7. The minimum atomic E-state index is -2.32. The van der Waals surface area contributed by atoms with Gasteiger partial charge in [0, 0.05) is 102 Å². The number of anilines is 1. The molecule has 2 amide bonds. The van der Waals surface area contributed by atoms with Crippen molar-refractivity contribution in [1.82, 2.24) is 25.3 Å². The third-order valence-corrected chi connectivity index (χ3v) is 17.5. The number of allylic oxidation sites excluding steroid dienone is 12. The first-order chi connectivity index (χ1) is 45.1. The van der Waals surface area contributed by atoms with Crippen LogP contribution in [0, 0.1) is 17.8 Å². The number of benzene rings is 1. The number of Topliss-reactive ketones (excluding diaryl/α,β-unsaturated/α-hetero) is 2. The van der Waals surface area contributed by atoms with E-state index in [2.05, 4.69) is 20.9 Å². The molecular formula is C70H108N6O19. The number of carbonyl (C=O) groups excluding carboxylic acids is 5. The number of nitrogens with zero attached hydrogens (tertiary/aromatic N) is 3. The molecule has 5 rings (SSSR count). The topological polar surface area (TPSA) is 370 Å². The average molecular weight is 1340 g/mol. The maximum Gasteiger partial charge on any atom is 0.308 e. The number of carbonyl (C=O) groups is 5. The second-order valence-electron chi connectivity index (χ2n) is 26.3. The third kappa shape index (κ3) is 28.7. The zero-order valence-electron chi connectivity index (χ0n) is 56.2. The second-order valence-corrected chi connectivity index (χ2v) is 26.3. The van der Waals surface area contributed by atoms with E-state index in [9.17, 15) is 75.0 Å². The summed E-state index contributed by atoms with van der Waals surface area (Å²) in [6.45, 7) is 8.74. The highest BCUT2D eigenvalue weighted by Crippen LogP contribution is 2.38. The third-order valence-electron chi connectivity index (χ3n) is 17.5. The maximum absolute atomic E-state index is 14.1. The number of aliphatic hydroxyl groups excluding tert-OH is 9. The Hall–Kier alpha value is -5.69. The Labute approximate surface area is 559 Å². The van der Waals surface area contributed by atoms with Gasteiger partial charge in [0.25, 0.3) is 0 Å².